The van der Waals surface area contributed by atoms with Crippen LogP contribution in [0.3, 0.4) is 0 Å². The van der Waals surface area contributed by atoms with E-state index in [1.807, 2.05) is 0 Å². The second kappa shape index (κ2) is 9.93. The Balaban J connectivity index is 0.00000338. The van der Waals surface area contributed by atoms with Gasteiger partial charge in [-0.1, -0.05) is 25.3 Å². The van der Waals surface area contributed by atoms with Crippen molar-refractivity contribution in [3.05, 3.63) is 71.0 Å². The van der Waals surface area contributed by atoms with Gasteiger partial charge >= 0.3 is 0 Å². The van der Waals surface area contributed by atoms with Crippen LogP contribution >= 0.6 is 0 Å². The van der Waals surface area contributed by atoms with E-state index in [0.29, 0.717) is 16.7 Å². The number of hydroxylamine groups is 1. The lowest BCUT2D eigenvalue weighted by Crippen LogP contribution is -2.50. The van der Waals surface area contributed by atoms with Gasteiger partial charge in [0.05, 0.1) is 0 Å². The van der Waals surface area contributed by atoms with E-state index >= 15 is 0 Å². The van der Waals surface area contributed by atoms with Crippen LogP contribution in [0.2, 0.25) is 0 Å². The van der Waals surface area contributed by atoms with Gasteiger partial charge in [0.1, 0.15) is 11.9 Å². The molecule has 5 N–H and O–H groups in total. The Kier molecular flexibility index (Phi) is 7.96. The molecule has 2 aromatic rings. The molecule has 0 unspecified atom stereocenters. The summed E-state index contributed by atoms with van der Waals surface area (Å²) in [6.45, 7) is -0.157. The van der Waals surface area contributed by atoms with Crippen molar-refractivity contribution in [2.24, 2.45) is 5.73 Å². The number of rotatable bonds is 4. The Labute approximate surface area is 151 Å². The molecule has 0 fully saturated rings. The second-order valence-corrected chi connectivity index (χ2v) is 5.08. The molecule has 6 nitrogen and oxygen atoms in total. The van der Waals surface area contributed by atoms with Gasteiger partial charge < -0.3 is 11.1 Å². The standard InChI is InChI=1S/C18H16FN3O3.CH4/c19-15-3-1-2-13(10-15)5-4-12-6-8-14(9-7-12)17(23)21-16(11-20)18(24)22-25;/h1-3,6-10,16,25H,11,20H2,(H,21,23)(H,22,24);1H4/t16-;/m0./s1. The molecule has 0 saturated heterocycles. The minimum Gasteiger partial charge on any atom is -0.339 e. The van der Waals surface area contributed by atoms with E-state index in [2.05, 4.69) is 17.2 Å². The van der Waals surface area contributed by atoms with Crippen LogP contribution in [0, 0.1) is 17.7 Å². The highest BCUT2D eigenvalue weighted by molar-refractivity contribution is 5.97. The summed E-state index contributed by atoms with van der Waals surface area (Å²) in [7, 11) is 0. The average Bonchev–Trinajstić information content (AvgIpc) is 2.64. The summed E-state index contributed by atoms with van der Waals surface area (Å²) in [5.74, 6) is 4.03. The van der Waals surface area contributed by atoms with Crippen molar-refractivity contribution in [1.29, 1.82) is 0 Å². The SMILES string of the molecule is C.NC[C@H](NC(=O)c1ccc(C#Cc2cccc(F)c2)cc1)C(=O)NO. The summed E-state index contributed by atoms with van der Waals surface area (Å²) < 4.78 is 13.1. The molecule has 2 amide bonds. The molecular formula is C19H20FN3O3. The van der Waals surface area contributed by atoms with Gasteiger partial charge in [-0.3, -0.25) is 14.8 Å². The fraction of sp³-hybridized carbons (Fsp3) is 0.158. The van der Waals surface area contributed by atoms with Crippen LogP contribution in [-0.2, 0) is 4.79 Å². The van der Waals surface area contributed by atoms with E-state index in [4.69, 9.17) is 10.9 Å². The molecular weight excluding hydrogens is 337 g/mol. The van der Waals surface area contributed by atoms with E-state index < -0.39 is 17.9 Å². The Morgan fingerprint density at radius 3 is 2.35 bits per heavy atom. The smallest absolute Gasteiger partial charge is 0.267 e. The maximum atomic E-state index is 13.1. The van der Waals surface area contributed by atoms with Crippen molar-refractivity contribution >= 4 is 11.8 Å². The minimum absolute atomic E-state index is 0. The lowest BCUT2D eigenvalue weighted by molar-refractivity contribution is -0.130. The molecule has 0 saturated carbocycles. The van der Waals surface area contributed by atoms with Gasteiger partial charge in [-0.05, 0) is 42.5 Å². The number of benzene rings is 2. The van der Waals surface area contributed by atoms with Crippen molar-refractivity contribution in [1.82, 2.24) is 10.8 Å². The average molecular weight is 357 g/mol. The summed E-state index contributed by atoms with van der Waals surface area (Å²) in [4.78, 5) is 23.4. The van der Waals surface area contributed by atoms with Gasteiger partial charge in [-0.25, -0.2) is 9.87 Å². The Morgan fingerprint density at radius 1 is 1.12 bits per heavy atom. The number of halogens is 1. The van der Waals surface area contributed by atoms with Gasteiger partial charge in [0.15, 0.2) is 0 Å². The molecule has 136 valence electrons. The molecule has 26 heavy (non-hydrogen) atoms. The Hall–Kier alpha value is -3.21. The number of amides is 2. The van der Waals surface area contributed by atoms with Crippen LogP contribution < -0.4 is 16.5 Å². The maximum Gasteiger partial charge on any atom is 0.267 e. The zero-order valence-electron chi connectivity index (χ0n) is 13.1. The van der Waals surface area contributed by atoms with Crippen LogP contribution in [0.4, 0.5) is 4.39 Å². The Bertz CT molecular complexity index is 826. The highest BCUT2D eigenvalue weighted by atomic mass is 19.1. The molecule has 0 aliphatic heterocycles. The van der Waals surface area contributed by atoms with Crippen molar-refractivity contribution in [2.45, 2.75) is 13.5 Å². The van der Waals surface area contributed by atoms with Crippen molar-refractivity contribution in [3.63, 3.8) is 0 Å². The summed E-state index contributed by atoms with van der Waals surface area (Å²) >= 11 is 0. The highest BCUT2D eigenvalue weighted by Crippen LogP contribution is 2.06. The third-order valence-electron chi connectivity index (χ3n) is 3.29. The minimum atomic E-state index is -1.04. The molecule has 0 aliphatic carbocycles. The van der Waals surface area contributed by atoms with Crippen LogP contribution in [-0.4, -0.2) is 29.6 Å². The summed E-state index contributed by atoms with van der Waals surface area (Å²) in [5.41, 5.74) is 8.31. The molecule has 7 heteroatoms. The maximum absolute atomic E-state index is 13.1. The van der Waals surface area contributed by atoms with Gasteiger partial charge in [-0.2, -0.15) is 0 Å². The molecule has 2 aromatic carbocycles. The molecule has 0 radical (unpaired) electrons. The van der Waals surface area contributed by atoms with Gasteiger partial charge in [0.25, 0.3) is 11.8 Å². The summed E-state index contributed by atoms with van der Waals surface area (Å²) in [6.07, 6.45) is 0. The summed E-state index contributed by atoms with van der Waals surface area (Å²) in [6, 6.07) is 11.2. The highest BCUT2D eigenvalue weighted by Gasteiger charge is 2.19. The number of carbonyl (C=O) groups is 2. The van der Waals surface area contributed by atoms with Crippen LogP contribution in [0.1, 0.15) is 28.9 Å². The molecule has 0 bridgehead atoms. The topological polar surface area (TPSA) is 104 Å². The monoisotopic (exact) mass is 357 g/mol. The first-order chi connectivity index (χ1) is 12.0. The first-order valence-electron chi connectivity index (χ1n) is 7.36. The van der Waals surface area contributed by atoms with Crippen LogP contribution in [0.15, 0.2) is 48.5 Å². The quantitative estimate of drug-likeness (QED) is 0.377. The van der Waals surface area contributed by atoms with Crippen molar-refractivity contribution in [3.8, 4) is 11.8 Å². The number of nitrogens with one attached hydrogen (secondary N) is 2. The van der Waals surface area contributed by atoms with E-state index in [-0.39, 0.29) is 19.8 Å². The third kappa shape index (κ3) is 5.70. The number of hydrogen-bond donors (Lipinski definition) is 4. The zero-order chi connectivity index (χ0) is 18.2. The van der Waals surface area contributed by atoms with Crippen molar-refractivity contribution < 1.29 is 19.2 Å². The fourth-order valence-electron chi connectivity index (χ4n) is 1.97. The number of nitrogens with two attached hydrogens (primary N) is 1. The second-order valence-electron chi connectivity index (χ2n) is 5.08. The summed E-state index contributed by atoms with van der Waals surface area (Å²) in [5, 5.41) is 11.0. The normalized spacial score (nSPS) is 10.6. The number of hydrogen-bond acceptors (Lipinski definition) is 4. The van der Waals surface area contributed by atoms with Crippen LogP contribution in [0.25, 0.3) is 0 Å². The first kappa shape index (κ1) is 20.8. The molecule has 0 spiro atoms. The first-order valence-corrected chi connectivity index (χ1v) is 7.36. The molecule has 2 rings (SSSR count). The predicted octanol–water partition coefficient (Wildman–Crippen LogP) is 1.42. The zero-order valence-corrected chi connectivity index (χ0v) is 13.1. The lowest BCUT2D eigenvalue weighted by atomic mass is 10.1. The van der Waals surface area contributed by atoms with E-state index in [0.717, 1.165) is 0 Å². The molecule has 0 aromatic heterocycles. The van der Waals surface area contributed by atoms with Crippen molar-refractivity contribution in [2.75, 3.05) is 6.54 Å². The Morgan fingerprint density at radius 2 is 1.77 bits per heavy atom. The fourth-order valence-corrected chi connectivity index (χ4v) is 1.97. The van der Waals surface area contributed by atoms with E-state index in [9.17, 15) is 14.0 Å². The molecule has 1 atom stereocenters. The van der Waals surface area contributed by atoms with Gasteiger partial charge in [-0.15, -0.1) is 0 Å². The predicted molar refractivity (Wildman–Crippen MR) is 95.8 cm³/mol. The third-order valence-corrected chi connectivity index (χ3v) is 3.29. The van der Waals surface area contributed by atoms with Gasteiger partial charge in [0, 0.05) is 23.2 Å². The number of carbonyl (C=O) groups excluding carboxylic acids is 2. The van der Waals surface area contributed by atoms with Crippen LogP contribution in [0.5, 0.6) is 0 Å². The van der Waals surface area contributed by atoms with E-state index in [1.165, 1.54) is 29.7 Å². The lowest BCUT2D eigenvalue weighted by Gasteiger charge is -2.14. The molecule has 0 heterocycles. The molecule has 0 aliphatic rings. The van der Waals surface area contributed by atoms with Gasteiger partial charge in [0.2, 0.25) is 0 Å². The largest absolute Gasteiger partial charge is 0.339 e. The van der Waals surface area contributed by atoms with E-state index in [1.54, 1.807) is 24.3 Å².